The third-order valence-electron chi connectivity index (χ3n) is 3.89. The van der Waals surface area contributed by atoms with Crippen LogP contribution in [0, 0.1) is 0 Å². The third-order valence-corrected chi connectivity index (χ3v) is 3.89. The van der Waals surface area contributed by atoms with Gasteiger partial charge in [0.25, 0.3) is 0 Å². The molecule has 1 aliphatic carbocycles. The highest BCUT2D eigenvalue weighted by molar-refractivity contribution is 6.01. The summed E-state index contributed by atoms with van der Waals surface area (Å²) in [5, 5.41) is 6.96. The zero-order valence-corrected chi connectivity index (χ0v) is 11.7. The topological polar surface area (TPSA) is 81.2 Å². The molecule has 0 radical (unpaired) electrons. The fourth-order valence-corrected chi connectivity index (χ4v) is 2.45. The highest BCUT2D eigenvalue weighted by Crippen LogP contribution is 2.49. The molecule has 0 aliphatic heterocycles. The van der Waals surface area contributed by atoms with E-state index in [1.165, 1.54) is 0 Å². The number of carbonyl (C=O) groups is 1. The summed E-state index contributed by atoms with van der Waals surface area (Å²) in [6.07, 6.45) is 6.36. The zero-order chi connectivity index (χ0) is 15.0. The smallest absolute Gasteiger partial charge is 0.236 e. The van der Waals surface area contributed by atoms with Gasteiger partial charge in [0.1, 0.15) is 0 Å². The number of amides is 1. The third kappa shape index (κ3) is 2.09. The Morgan fingerprint density at radius 3 is 2.68 bits per heavy atom. The van der Waals surface area contributed by atoms with Gasteiger partial charge < -0.3 is 14.3 Å². The minimum absolute atomic E-state index is 0.0713. The van der Waals surface area contributed by atoms with Crippen molar-refractivity contribution in [2.75, 3.05) is 5.32 Å². The van der Waals surface area contributed by atoms with Crippen LogP contribution in [0.5, 0.6) is 0 Å². The molecule has 6 heteroatoms. The second kappa shape index (κ2) is 4.84. The summed E-state index contributed by atoms with van der Waals surface area (Å²) in [5.74, 6) is 1.06. The summed E-state index contributed by atoms with van der Waals surface area (Å²) in [4.78, 5) is 16.5. The predicted octanol–water partition coefficient (Wildman–Crippen LogP) is 3.00. The van der Waals surface area contributed by atoms with E-state index in [0.717, 1.165) is 18.5 Å². The van der Waals surface area contributed by atoms with Gasteiger partial charge in [0.05, 0.1) is 17.4 Å². The molecule has 0 atom stereocenters. The number of nitrogens with one attached hydrogen (secondary N) is 1. The van der Waals surface area contributed by atoms with Crippen molar-refractivity contribution in [3.05, 3.63) is 54.7 Å². The van der Waals surface area contributed by atoms with Crippen molar-refractivity contribution in [2.24, 2.45) is 0 Å². The van der Waals surface area contributed by atoms with Crippen LogP contribution in [-0.4, -0.2) is 16.0 Å². The molecule has 110 valence electrons. The molecule has 1 aliphatic rings. The Bertz CT molecular complexity index is 789. The Morgan fingerprint density at radius 2 is 2.00 bits per heavy atom. The van der Waals surface area contributed by atoms with Gasteiger partial charge in [-0.3, -0.25) is 9.78 Å². The molecular formula is C16H13N3O3. The molecule has 0 aromatic carbocycles. The van der Waals surface area contributed by atoms with E-state index < -0.39 is 5.41 Å². The summed E-state index contributed by atoms with van der Waals surface area (Å²) < 4.78 is 10.6. The molecule has 1 amide bonds. The SMILES string of the molecule is O=C(Nc1ccncc1)C1(c2cc(-c3ccco3)on2)CC1. The van der Waals surface area contributed by atoms with E-state index in [2.05, 4.69) is 15.5 Å². The monoisotopic (exact) mass is 295 g/mol. The van der Waals surface area contributed by atoms with Crippen LogP contribution in [0.1, 0.15) is 18.5 Å². The summed E-state index contributed by atoms with van der Waals surface area (Å²) in [6, 6.07) is 8.86. The molecule has 1 N–H and O–H groups in total. The Balaban J connectivity index is 1.58. The summed E-state index contributed by atoms with van der Waals surface area (Å²) >= 11 is 0. The number of anilines is 1. The van der Waals surface area contributed by atoms with Crippen LogP contribution in [0.15, 0.2) is 57.9 Å². The number of pyridine rings is 1. The van der Waals surface area contributed by atoms with Crippen molar-refractivity contribution in [2.45, 2.75) is 18.3 Å². The molecule has 1 fully saturated rings. The maximum atomic E-state index is 12.6. The molecule has 0 spiro atoms. The maximum absolute atomic E-state index is 12.6. The molecule has 0 saturated heterocycles. The first-order valence-electron chi connectivity index (χ1n) is 7.00. The summed E-state index contributed by atoms with van der Waals surface area (Å²) in [7, 11) is 0. The molecule has 3 aromatic heterocycles. The largest absolute Gasteiger partial charge is 0.461 e. The number of hydrogen-bond donors (Lipinski definition) is 1. The van der Waals surface area contributed by atoms with Crippen LogP contribution >= 0.6 is 0 Å². The van der Waals surface area contributed by atoms with Crippen LogP contribution in [0.4, 0.5) is 5.69 Å². The standard InChI is InChI=1S/C16H13N3O3/c20-15(18-11-3-7-17-8-4-11)16(5-6-16)14-10-13(22-19-14)12-2-1-9-21-12/h1-4,7-10H,5-6H2,(H,17,18,20). The molecule has 3 heterocycles. The van der Waals surface area contributed by atoms with Crippen LogP contribution in [0.2, 0.25) is 0 Å². The van der Waals surface area contributed by atoms with Crippen molar-refractivity contribution >= 4 is 11.6 Å². The lowest BCUT2D eigenvalue weighted by molar-refractivity contribution is -0.118. The number of rotatable bonds is 4. The lowest BCUT2D eigenvalue weighted by Gasteiger charge is -2.12. The molecule has 22 heavy (non-hydrogen) atoms. The number of furan rings is 1. The van der Waals surface area contributed by atoms with E-state index in [0.29, 0.717) is 17.2 Å². The van der Waals surface area contributed by atoms with E-state index in [9.17, 15) is 4.79 Å². The fraction of sp³-hybridized carbons (Fsp3) is 0.188. The second-order valence-electron chi connectivity index (χ2n) is 5.33. The van der Waals surface area contributed by atoms with E-state index in [-0.39, 0.29) is 5.91 Å². The average Bonchev–Trinajstić information content (AvgIpc) is 2.98. The van der Waals surface area contributed by atoms with Crippen LogP contribution in [0.3, 0.4) is 0 Å². The van der Waals surface area contributed by atoms with E-state index in [1.807, 2.05) is 0 Å². The molecule has 4 rings (SSSR count). The summed E-state index contributed by atoms with van der Waals surface area (Å²) in [6.45, 7) is 0. The number of hydrogen-bond acceptors (Lipinski definition) is 5. The number of nitrogens with zero attached hydrogens (tertiary/aromatic N) is 2. The molecule has 0 bridgehead atoms. The predicted molar refractivity (Wildman–Crippen MR) is 78.0 cm³/mol. The quantitative estimate of drug-likeness (QED) is 0.800. The molecule has 1 saturated carbocycles. The Morgan fingerprint density at radius 1 is 1.18 bits per heavy atom. The van der Waals surface area contributed by atoms with E-state index in [4.69, 9.17) is 8.94 Å². The zero-order valence-electron chi connectivity index (χ0n) is 11.7. The van der Waals surface area contributed by atoms with Crippen molar-refractivity contribution < 1.29 is 13.7 Å². The normalized spacial score (nSPS) is 15.5. The summed E-state index contributed by atoms with van der Waals surface area (Å²) in [5.41, 5.74) is 0.768. The van der Waals surface area contributed by atoms with Gasteiger partial charge in [0, 0.05) is 24.1 Å². The molecule has 3 aromatic rings. The fourth-order valence-electron chi connectivity index (χ4n) is 2.45. The highest BCUT2D eigenvalue weighted by atomic mass is 16.5. The van der Waals surface area contributed by atoms with Gasteiger partial charge >= 0.3 is 0 Å². The Kier molecular flexibility index (Phi) is 2.82. The van der Waals surface area contributed by atoms with Crippen molar-refractivity contribution in [1.82, 2.24) is 10.1 Å². The average molecular weight is 295 g/mol. The van der Waals surface area contributed by atoms with Crippen molar-refractivity contribution in [3.8, 4) is 11.5 Å². The molecule has 0 unspecified atom stereocenters. The van der Waals surface area contributed by atoms with E-state index in [1.54, 1.807) is 49.0 Å². The van der Waals surface area contributed by atoms with Gasteiger partial charge in [-0.1, -0.05) is 5.16 Å². The van der Waals surface area contributed by atoms with Gasteiger partial charge in [-0.25, -0.2) is 0 Å². The first kappa shape index (κ1) is 12.8. The Hall–Kier alpha value is -2.89. The minimum Gasteiger partial charge on any atom is -0.461 e. The van der Waals surface area contributed by atoms with E-state index >= 15 is 0 Å². The van der Waals surface area contributed by atoms with Gasteiger partial charge in [-0.05, 0) is 37.1 Å². The highest BCUT2D eigenvalue weighted by Gasteiger charge is 2.53. The lowest BCUT2D eigenvalue weighted by Crippen LogP contribution is -2.28. The maximum Gasteiger partial charge on any atom is 0.236 e. The van der Waals surface area contributed by atoms with Crippen molar-refractivity contribution in [3.63, 3.8) is 0 Å². The van der Waals surface area contributed by atoms with Gasteiger partial charge in [-0.15, -0.1) is 0 Å². The molecule has 6 nitrogen and oxygen atoms in total. The molecular weight excluding hydrogens is 282 g/mol. The van der Waals surface area contributed by atoms with Crippen LogP contribution in [-0.2, 0) is 10.2 Å². The second-order valence-corrected chi connectivity index (χ2v) is 5.33. The lowest BCUT2D eigenvalue weighted by atomic mass is 10.0. The van der Waals surface area contributed by atoms with Crippen molar-refractivity contribution in [1.29, 1.82) is 0 Å². The van der Waals surface area contributed by atoms with Crippen LogP contribution in [0.25, 0.3) is 11.5 Å². The minimum atomic E-state index is -0.600. The number of aromatic nitrogens is 2. The first-order valence-corrected chi connectivity index (χ1v) is 7.00. The number of carbonyl (C=O) groups excluding carboxylic acids is 1. The van der Waals surface area contributed by atoms with Gasteiger partial charge in [-0.2, -0.15) is 0 Å². The first-order chi connectivity index (χ1) is 10.8. The van der Waals surface area contributed by atoms with Gasteiger partial charge in [0.15, 0.2) is 5.76 Å². The van der Waals surface area contributed by atoms with Gasteiger partial charge in [0.2, 0.25) is 11.7 Å². The Labute approximate surface area is 126 Å². The van der Waals surface area contributed by atoms with Crippen LogP contribution < -0.4 is 5.32 Å².